The molecule has 4 nitrogen and oxygen atoms in total. The molecule has 32 heavy (non-hydrogen) atoms. The zero-order chi connectivity index (χ0) is 23.6. The van der Waals surface area contributed by atoms with Crippen molar-refractivity contribution in [2.24, 2.45) is 11.3 Å². The van der Waals surface area contributed by atoms with Crippen molar-refractivity contribution in [3.05, 3.63) is 76.1 Å². The number of esters is 2. The van der Waals surface area contributed by atoms with Crippen LogP contribution in [0.5, 0.6) is 0 Å². The van der Waals surface area contributed by atoms with E-state index in [2.05, 4.69) is 0 Å². The van der Waals surface area contributed by atoms with Gasteiger partial charge in [-0.2, -0.15) is 0 Å². The topological polar surface area (TPSA) is 52.6 Å². The Hall–Kier alpha value is -3.23. The van der Waals surface area contributed by atoms with Crippen LogP contribution >= 0.6 is 0 Å². The Morgan fingerprint density at radius 3 is 2.09 bits per heavy atom. The highest BCUT2D eigenvalue weighted by Gasteiger charge is 2.76. The lowest BCUT2D eigenvalue weighted by molar-refractivity contribution is -0.147. The van der Waals surface area contributed by atoms with Gasteiger partial charge in [-0.25, -0.2) is 26.7 Å². The minimum Gasteiger partial charge on any atom is -0.465 e. The molecule has 0 unspecified atom stereocenters. The number of benzene rings is 2. The van der Waals surface area contributed by atoms with Gasteiger partial charge < -0.3 is 9.47 Å². The first-order valence-corrected chi connectivity index (χ1v) is 9.58. The third kappa shape index (κ3) is 2.73. The second kappa shape index (κ2) is 7.15. The molecule has 0 aromatic heterocycles. The van der Waals surface area contributed by atoms with Gasteiger partial charge in [0.15, 0.2) is 23.3 Å². The van der Waals surface area contributed by atoms with Gasteiger partial charge >= 0.3 is 11.9 Å². The standard InChI is InChI=1S/C23H17F5O4/c1-22(2)19(21(30)32-9-12-14(24)16(26)18(28)17(27)15(12)25)23(22)8-11(20(29)31-3)10-6-4-5-7-13(10)23/h4-8,19H,9H2,1-3H3/t19-,23+/m0/s1. The monoisotopic (exact) mass is 452 g/mol. The molecule has 1 spiro atoms. The highest BCUT2D eigenvalue weighted by atomic mass is 19.2. The van der Waals surface area contributed by atoms with Crippen LogP contribution in [0.3, 0.4) is 0 Å². The van der Waals surface area contributed by atoms with Crippen molar-refractivity contribution in [2.45, 2.75) is 25.9 Å². The van der Waals surface area contributed by atoms with Gasteiger partial charge in [-0.3, -0.25) is 4.79 Å². The van der Waals surface area contributed by atoms with E-state index in [1.807, 2.05) is 0 Å². The van der Waals surface area contributed by atoms with E-state index in [1.165, 1.54) is 7.11 Å². The highest BCUT2D eigenvalue weighted by Crippen LogP contribution is 2.74. The van der Waals surface area contributed by atoms with Crippen LogP contribution in [0.4, 0.5) is 22.0 Å². The molecule has 1 fully saturated rings. The van der Waals surface area contributed by atoms with E-state index < -0.39 is 69.9 Å². The van der Waals surface area contributed by atoms with Gasteiger partial charge in [0, 0.05) is 5.41 Å². The van der Waals surface area contributed by atoms with Gasteiger partial charge in [-0.05, 0) is 16.5 Å². The highest BCUT2D eigenvalue weighted by molar-refractivity contribution is 6.19. The van der Waals surface area contributed by atoms with Crippen LogP contribution < -0.4 is 0 Å². The first-order chi connectivity index (χ1) is 15.0. The molecular formula is C23H17F5O4. The van der Waals surface area contributed by atoms with E-state index >= 15 is 0 Å². The summed E-state index contributed by atoms with van der Waals surface area (Å²) >= 11 is 0. The quantitative estimate of drug-likeness (QED) is 0.295. The van der Waals surface area contributed by atoms with Gasteiger partial charge in [0.1, 0.15) is 6.61 Å². The van der Waals surface area contributed by atoms with Crippen molar-refractivity contribution in [3.8, 4) is 0 Å². The van der Waals surface area contributed by atoms with Gasteiger partial charge in [0.25, 0.3) is 0 Å². The molecule has 0 heterocycles. The second-order valence-electron chi connectivity index (χ2n) is 8.28. The summed E-state index contributed by atoms with van der Waals surface area (Å²) in [5.74, 6) is -13.0. The first-order valence-electron chi connectivity index (χ1n) is 9.58. The number of hydrogen-bond donors (Lipinski definition) is 0. The van der Waals surface area contributed by atoms with Crippen molar-refractivity contribution >= 4 is 17.5 Å². The number of methoxy groups -OCH3 is 1. The number of rotatable bonds is 4. The average Bonchev–Trinajstić information content (AvgIpc) is 3.08. The van der Waals surface area contributed by atoms with Crippen molar-refractivity contribution in [3.63, 3.8) is 0 Å². The van der Waals surface area contributed by atoms with Gasteiger partial charge in [-0.1, -0.05) is 44.2 Å². The smallest absolute Gasteiger partial charge is 0.338 e. The lowest BCUT2D eigenvalue weighted by Crippen LogP contribution is -2.16. The fraction of sp³-hybridized carbons (Fsp3) is 0.304. The van der Waals surface area contributed by atoms with Crippen LogP contribution in [-0.4, -0.2) is 19.0 Å². The van der Waals surface area contributed by atoms with Crippen molar-refractivity contribution < 1.29 is 41.0 Å². The summed E-state index contributed by atoms with van der Waals surface area (Å²) in [4.78, 5) is 25.2. The zero-order valence-electron chi connectivity index (χ0n) is 17.2. The maximum atomic E-state index is 13.9. The molecule has 0 radical (unpaired) electrons. The lowest BCUT2D eigenvalue weighted by atomic mass is 9.90. The number of ether oxygens (including phenoxy) is 2. The molecule has 0 aliphatic heterocycles. The summed E-state index contributed by atoms with van der Waals surface area (Å²) in [5, 5.41) is 0. The minimum absolute atomic E-state index is 0.270. The van der Waals surface area contributed by atoms with Gasteiger partial charge in [-0.15, -0.1) is 0 Å². The largest absolute Gasteiger partial charge is 0.465 e. The van der Waals surface area contributed by atoms with Crippen LogP contribution in [0.25, 0.3) is 5.57 Å². The molecule has 2 aromatic carbocycles. The van der Waals surface area contributed by atoms with E-state index in [1.54, 1.807) is 44.2 Å². The summed E-state index contributed by atoms with van der Waals surface area (Å²) in [6.07, 6.45) is 1.62. The number of carbonyl (C=O) groups excluding carboxylic acids is 2. The lowest BCUT2D eigenvalue weighted by Gasteiger charge is -2.13. The van der Waals surface area contributed by atoms with Gasteiger partial charge in [0.2, 0.25) is 5.82 Å². The molecule has 2 aromatic rings. The Balaban J connectivity index is 1.66. The molecule has 4 rings (SSSR count). The average molecular weight is 452 g/mol. The number of fused-ring (bicyclic) bond motifs is 2. The molecule has 9 heteroatoms. The predicted molar refractivity (Wildman–Crippen MR) is 101 cm³/mol. The third-order valence-corrected chi connectivity index (χ3v) is 6.50. The first kappa shape index (κ1) is 22.0. The molecule has 2 aliphatic carbocycles. The zero-order valence-corrected chi connectivity index (χ0v) is 17.2. The minimum atomic E-state index is -2.29. The molecule has 0 bridgehead atoms. The van der Waals surface area contributed by atoms with Crippen molar-refractivity contribution in [1.29, 1.82) is 0 Å². The molecule has 0 saturated heterocycles. The fourth-order valence-corrected chi connectivity index (χ4v) is 4.79. The SMILES string of the molecule is COC(=O)C1=C[C@@]2(c3ccccc31)[C@@H](C(=O)OCc1c(F)c(F)c(F)c(F)c1F)C2(C)C. The number of allylic oxidation sites excluding steroid dienone is 1. The number of hydrogen-bond acceptors (Lipinski definition) is 4. The van der Waals surface area contributed by atoms with Crippen molar-refractivity contribution in [2.75, 3.05) is 7.11 Å². The molecule has 0 amide bonds. The second-order valence-corrected chi connectivity index (χ2v) is 8.28. The molecule has 0 N–H and O–H groups in total. The normalized spacial score (nSPS) is 22.4. The van der Waals surface area contributed by atoms with Crippen LogP contribution in [0, 0.1) is 40.4 Å². The number of carbonyl (C=O) groups is 2. The molecule has 168 valence electrons. The van der Waals surface area contributed by atoms with E-state index in [-0.39, 0.29) is 5.57 Å². The summed E-state index contributed by atoms with van der Waals surface area (Å²) in [5.41, 5.74) is -1.40. The number of halogens is 5. The van der Waals surface area contributed by atoms with Crippen LogP contribution in [-0.2, 0) is 31.1 Å². The van der Waals surface area contributed by atoms with Crippen molar-refractivity contribution in [1.82, 2.24) is 0 Å². The van der Waals surface area contributed by atoms with Crippen LogP contribution in [0.2, 0.25) is 0 Å². The molecular weight excluding hydrogens is 435 g/mol. The van der Waals surface area contributed by atoms with E-state index in [4.69, 9.17) is 9.47 Å². The Bertz CT molecular complexity index is 1170. The molecule has 2 atom stereocenters. The van der Waals surface area contributed by atoms with Crippen LogP contribution in [0.1, 0.15) is 30.5 Å². The van der Waals surface area contributed by atoms with Crippen LogP contribution in [0.15, 0.2) is 30.3 Å². The summed E-state index contributed by atoms with van der Waals surface area (Å²) in [7, 11) is 1.23. The Labute approximate surface area is 179 Å². The third-order valence-electron chi connectivity index (χ3n) is 6.50. The van der Waals surface area contributed by atoms with E-state index in [0.717, 1.165) is 0 Å². The summed E-state index contributed by atoms with van der Waals surface area (Å²) in [6, 6.07) is 6.92. The summed E-state index contributed by atoms with van der Waals surface area (Å²) < 4.78 is 77.8. The maximum Gasteiger partial charge on any atom is 0.338 e. The van der Waals surface area contributed by atoms with E-state index in [9.17, 15) is 31.5 Å². The molecule has 2 aliphatic rings. The fourth-order valence-electron chi connectivity index (χ4n) is 4.79. The Kier molecular flexibility index (Phi) is 4.91. The summed E-state index contributed by atoms with van der Waals surface area (Å²) in [6.45, 7) is 2.37. The Morgan fingerprint density at radius 2 is 1.50 bits per heavy atom. The molecule has 1 saturated carbocycles. The van der Waals surface area contributed by atoms with Gasteiger partial charge in [0.05, 0.1) is 24.2 Å². The maximum absolute atomic E-state index is 13.9. The predicted octanol–water partition coefficient (Wildman–Crippen LogP) is 4.59. The Morgan fingerprint density at radius 1 is 0.938 bits per heavy atom. The van der Waals surface area contributed by atoms with E-state index in [0.29, 0.717) is 11.1 Å².